The van der Waals surface area contributed by atoms with Gasteiger partial charge in [-0.05, 0) is 65.6 Å². The molecule has 9 nitrogen and oxygen atoms in total. The van der Waals surface area contributed by atoms with E-state index in [1.54, 1.807) is 46.2 Å². The monoisotopic (exact) mass is 592 g/mol. The topological polar surface area (TPSA) is 115 Å². The third-order valence-electron chi connectivity index (χ3n) is 7.40. The van der Waals surface area contributed by atoms with Crippen molar-refractivity contribution in [3.63, 3.8) is 0 Å². The molecule has 216 valence electrons. The van der Waals surface area contributed by atoms with Gasteiger partial charge in [0.2, 0.25) is 0 Å². The van der Waals surface area contributed by atoms with E-state index in [2.05, 4.69) is 15.4 Å². The van der Waals surface area contributed by atoms with Gasteiger partial charge in [-0.15, -0.1) is 0 Å². The predicted octanol–water partition coefficient (Wildman–Crippen LogP) is 5.82. The number of pyridine rings is 1. The van der Waals surface area contributed by atoms with Crippen molar-refractivity contribution in [1.82, 2.24) is 25.0 Å². The van der Waals surface area contributed by atoms with Crippen LogP contribution in [0.15, 0.2) is 97.5 Å². The van der Waals surface area contributed by atoms with Gasteiger partial charge in [0.15, 0.2) is 0 Å². The fourth-order valence-corrected chi connectivity index (χ4v) is 5.28. The highest BCUT2D eigenvalue weighted by Crippen LogP contribution is 2.28. The van der Waals surface area contributed by atoms with E-state index in [-0.39, 0.29) is 17.9 Å². The van der Waals surface area contributed by atoms with Gasteiger partial charge in [0, 0.05) is 61.5 Å². The van der Waals surface area contributed by atoms with E-state index in [4.69, 9.17) is 22.1 Å². The first-order valence-corrected chi connectivity index (χ1v) is 14.2. The minimum atomic E-state index is -0.257. The van der Waals surface area contributed by atoms with Crippen molar-refractivity contribution < 1.29 is 14.3 Å². The van der Waals surface area contributed by atoms with Gasteiger partial charge < -0.3 is 20.7 Å². The van der Waals surface area contributed by atoms with E-state index in [1.807, 2.05) is 67.8 Å². The zero-order chi connectivity index (χ0) is 29.9. The Morgan fingerprint density at radius 1 is 0.930 bits per heavy atom. The third-order valence-corrected chi connectivity index (χ3v) is 7.61. The molecule has 0 saturated carbocycles. The second-order valence-corrected chi connectivity index (χ2v) is 10.8. The first-order valence-electron chi connectivity index (χ1n) is 13.8. The molecule has 0 radical (unpaired) electrons. The van der Waals surface area contributed by atoms with E-state index in [9.17, 15) is 9.59 Å². The minimum absolute atomic E-state index is 0.0684. The fourth-order valence-electron chi connectivity index (χ4n) is 5.12. The number of amides is 2. The molecule has 0 bridgehead atoms. The van der Waals surface area contributed by atoms with Crippen LogP contribution in [0.3, 0.4) is 0 Å². The number of rotatable bonds is 7. The number of nitrogen functional groups attached to an aromatic ring is 1. The number of likely N-dealkylation sites (tertiary alicyclic amines) is 1. The molecular weight excluding hydrogens is 564 g/mol. The van der Waals surface area contributed by atoms with Gasteiger partial charge in [-0.3, -0.25) is 14.3 Å². The van der Waals surface area contributed by atoms with Crippen LogP contribution < -0.4 is 15.8 Å². The van der Waals surface area contributed by atoms with Gasteiger partial charge in [-0.25, -0.2) is 4.98 Å². The average Bonchev–Trinajstić information content (AvgIpc) is 3.66. The first-order chi connectivity index (χ1) is 20.8. The van der Waals surface area contributed by atoms with E-state index in [1.165, 1.54) is 0 Å². The lowest BCUT2D eigenvalue weighted by Gasteiger charge is -2.18. The van der Waals surface area contributed by atoms with Gasteiger partial charge in [0.25, 0.3) is 11.8 Å². The van der Waals surface area contributed by atoms with Crippen LogP contribution in [0, 0.1) is 0 Å². The molecule has 3 heterocycles. The van der Waals surface area contributed by atoms with E-state index in [0.717, 1.165) is 22.3 Å². The Hall–Kier alpha value is -5.15. The molecular formula is C33H29ClN6O3. The number of hydrogen-bond donors (Lipinski definition) is 2. The Labute approximate surface area is 253 Å². The molecule has 1 aliphatic heterocycles. The van der Waals surface area contributed by atoms with Gasteiger partial charge in [-0.1, -0.05) is 41.9 Å². The Bertz CT molecular complexity index is 1790. The van der Waals surface area contributed by atoms with Crippen molar-refractivity contribution in [3.05, 3.63) is 114 Å². The van der Waals surface area contributed by atoms with Crippen molar-refractivity contribution in [3.8, 4) is 33.8 Å². The molecule has 0 spiro atoms. The minimum Gasteiger partial charge on any atom is -0.457 e. The lowest BCUT2D eigenvalue weighted by atomic mass is 10.0. The maximum atomic E-state index is 13.3. The summed E-state index contributed by atoms with van der Waals surface area (Å²) in [5.41, 5.74) is 11.3. The number of ether oxygens (including phenoxy) is 1. The van der Waals surface area contributed by atoms with Crippen molar-refractivity contribution in [2.24, 2.45) is 7.05 Å². The maximum absolute atomic E-state index is 13.3. The van der Waals surface area contributed by atoms with Gasteiger partial charge >= 0.3 is 0 Å². The Balaban J connectivity index is 1.06. The highest BCUT2D eigenvalue weighted by Gasteiger charge is 2.28. The maximum Gasteiger partial charge on any atom is 0.253 e. The van der Waals surface area contributed by atoms with Crippen molar-refractivity contribution >= 4 is 29.1 Å². The molecule has 3 aromatic carbocycles. The summed E-state index contributed by atoms with van der Waals surface area (Å²) >= 11 is 5.93. The molecule has 1 aliphatic rings. The number of benzene rings is 3. The smallest absolute Gasteiger partial charge is 0.253 e. The Kier molecular flexibility index (Phi) is 7.81. The summed E-state index contributed by atoms with van der Waals surface area (Å²) < 4.78 is 7.54. The van der Waals surface area contributed by atoms with Gasteiger partial charge in [0.05, 0.1) is 11.8 Å². The number of hydrogen-bond acceptors (Lipinski definition) is 6. The summed E-state index contributed by atoms with van der Waals surface area (Å²) in [4.78, 5) is 32.1. The average molecular weight is 593 g/mol. The van der Waals surface area contributed by atoms with Crippen LogP contribution in [0.25, 0.3) is 22.3 Å². The lowest BCUT2D eigenvalue weighted by molar-refractivity contribution is 0.0783. The molecule has 1 saturated heterocycles. The van der Waals surface area contributed by atoms with E-state index >= 15 is 0 Å². The van der Waals surface area contributed by atoms with Crippen LogP contribution in [0.4, 0.5) is 5.69 Å². The van der Waals surface area contributed by atoms with Crippen LogP contribution in [-0.4, -0.2) is 50.6 Å². The zero-order valence-electron chi connectivity index (χ0n) is 23.4. The van der Waals surface area contributed by atoms with E-state index in [0.29, 0.717) is 53.0 Å². The van der Waals surface area contributed by atoms with Crippen LogP contribution in [0.1, 0.15) is 27.1 Å². The number of carbonyl (C=O) groups excluding carboxylic acids is 2. The zero-order valence-corrected chi connectivity index (χ0v) is 24.2. The molecule has 43 heavy (non-hydrogen) atoms. The lowest BCUT2D eigenvalue weighted by Crippen LogP contribution is -2.38. The van der Waals surface area contributed by atoms with Crippen LogP contribution >= 0.6 is 11.6 Å². The van der Waals surface area contributed by atoms with Crippen LogP contribution in [0.2, 0.25) is 5.15 Å². The number of nitrogens with one attached hydrogen (secondary N) is 1. The predicted molar refractivity (Wildman–Crippen MR) is 166 cm³/mol. The summed E-state index contributed by atoms with van der Waals surface area (Å²) in [6.45, 7) is 0.986. The molecule has 10 heteroatoms. The molecule has 0 unspecified atom stereocenters. The largest absolute Gasteiger partial charge is 0.457 e. The molecule has 2 aromatic heterocycles. The second kappa shape index (κ2) is 12.0. The summed E-state index contributed by atoms with van der Waals surface area (Å²) in [7, 11) is 1.84. The molecule has 6 rings (SSSR count). The highest BCUT2D eigenvalue weighted by atomic mass is 35.5. The highest BCUT2D eigenvalue weighted by molar-refractivity contribution is 6.29. The van der Waals surface area contributed by atoms with Gasteiger partial charge in [-0.2, -0.15) is 5.10 Å². The molecule has 0 aliphatic carbocycles. The first kappa shape index (κ1) is 28.0. The number of anilines is 1. The Morgan fingerprint density at radius 2 is 1.65 bits per heavy atom. The van der Waals surface area contributed by atoms with Crippen molar-refractivity contribution in [2.75, 3.05) is 18.8 Å². The fraction of sp³-hybridized carbons (Fsp3) is 0.152. The van der Waals surface area contributed by atoms with Gasteiger partial charge in [0.1, 0.15) is 16.7 Å². The number of nitrogens with zero attached hydrogens (tertiary/aromatic N) is 4. The number of nitrogens with two attached hydrogens (primary N) is 1. The normalized spacial score (nSPS) is 14.5. The summed E-state index contributed by atoms with van der Waals surface area (Å²) in [6.07, 6.45) is 5.88. The summed E-state index contributed by atoms with van der Waals surface area (Å²) in [6, 6.07) is 23.8. The SMILES string of the molecule is Cn1cc(-c2ccc(N)c(C(=O)N[C@@H]3CCN(C(=O)c4ccc(-c5ccc(Oc6ccnc(Cl)c6)cc5)cc4)C3)c2)cn1. The molecule has 5 aromatic rings. The van der Waals surface area contributed by atoms with Crippen molar-refractivity contribution in [2.45, 2.75) is 12.5 Å². The standard InChI is InChI=1S/C33H29ClN6O3/c1-39-19-25(18-37-39)24-8-11-30(35)29(16-24)32(41)38-26-13-15-40(20-26)33(42)23-4-2-21(3-5-23)22-6-9-27(10-7-22)43-28-12-14-36-31(34)17-28/h2-12,14,16-19,26H,13,15,20,35H2,1H3,(H,38,41)/t26-/m1/s1. The third kappa shape index (κ3) is 6.37. The van der Waals surface area contributed by atoms with Crippen molar-refractivity contribution in [1.29, 1.82) is 0 Å². The second-order valence-electron chi connectivity index (χ2n) is 10.4. The van der Waals surface area contributed by atoms with Crippen LogP contribution in [-0.2, 0) is 7.05 Å². The van der Waals surface area contributed by atoms with E-state index < -0.39 is 0 Å². The summed E-state index contributed by atoms with van der Waals surface area (Å²) in [5, 5.41) is 7.62. The number of carbonyl (C=O) groups is 2. The molecule has 2 amide bonds. The molecule has 3 N–H and O–H groups in total. The number of halogens is 1. The number of aromatic nitrogens is 3. The number of aryl methyl sites for hydroxylation is 1. The molecule has 1 atom stereocenters. The summed E-state index contributed by atoms with van der Waals surface area (Å²) in [5.74, 6) is 0.963. The Morgan fingerprint density at radius 3 is 2.35 bits per heavy atom. The van der Waals surface area contributed by atoms with Crippen LogP contribution in [0.5, 0.6) is 11.5 Å². The quantitative estimate of drug-likeness (QED) is 0.182. The molecule has 1 fully saturated rings.